The zero-order valence-corrected chi connectivity index (χ0v) is 14.0. The van der Waals surface area contributed by atoms with Gasteiger partial charge >= 0.3 is 0 Å². The van der Waals surface area contributed by atoms with Crippen LogP contribution in [0.2, 0.25) is 0 Å². The van der Waals surface area contributed by atoms with Gasteiger partial charge in [0.15, 0.2) is 6.20 Å². The summed E-state index contributed by atoms with van der Waals surface area (Å²) in [6.07, 6.45) is 2.07. The lowest BCUT2D eigenvalue weighted by Crippen LogP contribution is -2.32. The highest BCUT2D eigenvalue weighted by Crippen LogP contribution is 2.48. The van der Waals surface area contributed by atoms with Crippen LogP contribution in [-0.4, -0.2) is 0 Å². The maximum atomic E-state index is 9.18. The number of rotatable bonds is 0. The predicted octanol–water partition coefficient (Wildman–Crippen LogP) is 4.77. The summed E-state index contributed by atoms with van der Waals surface area (Å²) < 4.78 is 8.48. The van der Waals surface area contributed by atoms with Gasteiger partial charge in [0, 0.05) is 10.8 Å². The normalized spacial score (nSPS) is 11.9. The van der Waals surface area contributed by atoms with Crippen molar-refractivity contribution in [3.63, 3.8) is 0 Å². The van der Waals surface area contributed by atoms with Gasteiger partial charge in [0.1, 0.15) is 12.8 Å². The molecule has 0 aliphatic carbocycles. The molecule has 0 amide bonds. The zero-order chi connectivity index (χ0) is 17.1. The minimum atomic E-state index is 0.655. The van der Waals surface area contributed by atoms with Gasteiger partial charge in [-0.3, -0.25) is 0 Å². The van der Waals surface area contributed by atoms with E-state index in [2.05, 4.69) is 42.0 Å². The average molecular weight is 323 g/mol. The average Bonchev–Trinajstić information content (AvgIpc) is 2.63. The molecule has 118 valence electrons. The number of hydrogen-bond acceptors (Lipinski definition) is 2. The van der Waals surface area contributed by atoms with E-state index >= 15 is 0 Å². The molecule has 1 aliphatic rings. The van der Waals surface area contributed by atoms with Crippen LogP contribution >= 0.6 is 0 Å². The van der Waals surface area contributed by atoms with Crippen molar-refractivity contribution in [1.82, 2.24) is 0 Å². The van der Waals surface area contributed by atoms with Crippen molar-refractivity contribution in [2.75, 3.05) is 0 Å². The Hall–Kier alpha value is -3.38. The van der Waals surface area contributed by atoms with Crippen molar-refractivity contribution < 1.29 is 9.30 Å². The molecule has 4 aromatic rings. The smallest absolute Gasteiger partial charge is 0.257 e. The van der Waals surface area contributed by atoms with E-state index in [0.717, 1.165) is 28.0 Å². The third kappa shape index (κ3) is 1.82. The van der Waals surface area contributed by atoms with E-state index in [1.54, 1.807) is 0 Å². The fraction of sp³-hybridized carbons (Fsp3) is 0.0909. The Morgan fingerprint density at radius 1 is 1.04 bits per heavy atom. The first-order chi connectivity index (χ1) is 12.2. The Kier molecular flexibility index (Phi) is 2.69. The molecule has 0 unspecified atom stereocenters. The largest absolute Gasteiger partial charge is 0.449 e. The third-order valence-electron chi connectivity index (χ3n) is 4.99. The van der Waals surface area contributed by atoms with E-state index in [0.29, 0.717) is 5.56 Å². The van der Waals surface area contributed by atoms with E-state index in [1.807, 2.05) is 37.4 Å². The highest BCUT2D eigenvalue weighted by molar-refractivity contribution is 6.06. The minimum absolute atomic E-state index is 0.655. The minimum Gasteiger partial charge on any atom is -0.449 e. The third-order valence-corrected chi connectivity index (χ3v) is 4.99. The maximum absolute atomic E-state index is 9.18. The molecular weight excluding hydrogens is 308 g/mol. The molecule has 0 bridgehead atoms. The Balaban J connectivity index is 1.98. The lowest BCUT2D eigenvalue weighted by atomic mass is 9.92. The van der Waals surface area contributed by atoms with Gasteiger partial charge in [-0.2, -0.15) is 9.83 Å². The maximum Gasteiger partial charge on any atom is 0.257 e. The van der Waals surface area contributed by atoms with Crippen molar-refractivity contribution in [2.24, 2.45) is 7.05 Å². The van der Waals surface area contributed by atoms with Crippen molar-refractivity contribution >= 4 is 21.5 Å². The highest BCUT2D eigenvalue weighted by Gasteiger charge is 2.30. The molecule has 0 radical (unpaired) electrons. The predicted molar refractivity (Wildman–Crippen MR) is 97.6 cm³/mol. The fourth-order valence-electron chi connectivity index (χ4n) is 3.85. The molecular formula is C22H15N2O+. The number of nitriles is 1. The summed E-state index contributed by atoms with van der Waals surface area (Å²) in [6.45, 7) is 2.14. The summed E-state index contributed by atoms with van der Waals surface area (Å²) in [5.41, 5.74) is 4.19. The molecule has 0 N–H and O–H groups in total. The van der Waals surface area contributed by atoms with Crippen LogP contribution in [-0.2, 0) is 7.05 Å². The SMILES string of the molecule is Cc1ccc2cccc3c2c1-c1c(c2ccc(C#N)cc2c[n+]1C)O3. The second-order valence-electron chi connectivity index (χ2n) is 6.55. The van der Waals surface area contributed by atoms with Crippen molar-refractivity contribution in [3.05, 3.63) is 65.9 Å². The molecule has 0 spiro atoms. The highest BCUT2D eigenvalue weighted by atomic mass is 16.5. The fourth-order valence-corrected chi connectivity index (χ4v) is 3.85. The zero-order valence-electron chi connectivity index (χ0n) is 14.0. The van der Waals surface area contributed by atoms with Gasteiger partial charge in [-0.1, -0.05) is 24.3 Å². The lowest BCUT2D eigenvalue weighted by Gasteiger charge is -2.21. The number of aryl methyl sites for hydroxylation is 2. The number of ether oxygens (including phenoxy) is 1. The van der Waals surface area contributed by atoms with Gasteiger partial charge in [-0.15, -0.1) is 0 Å². The van der Waals surface area contributed by atoms with Crippen LogP contribution in [0.4, 0.5) is 0 Å². The molecule has 25 heavy (non-hydrogen) atoms. The first-order valence-electron chi connectivity index (χ1n) is 8.24. The molecule has 5 rings (SSSR count). The van der Waals surface area contributed by atoms with Gasteiger partial charge in [-0.05, 0) is 42.1 Å². The van der Waals surface area contributed by atoms with E-state index in [9.17, 15) is 5.26 Å². The molecule has 1 aromatic heterocycles. The number of nitrogens with zero attached hydrogens (tertiary/aromatic N) is 2. The van der Waals surface area contributed by atoms with Crippen LogP contribution in [0.3, 0.4) is 0 Å². The van der Waals surface area contributed by atoms with Gasteiger partial charge in [-0.25, -0.2) is 0 Å². The van der Waals surface area contributed by atoms with Gasteiger partial charge in [0.25, 0.3) is 5.69 Å². The Bertz CT molecular complexity index is 1250. The summed E-state index contributed by atoms with van der Waals surface area (Å²) in [5.74, 6) is 1.75. The van der Waals surface area contributed by atoms with Crippen molar-refractivity contribution in [3.8, 4) is 28.8 Å². The monoisotopic (exact) mass is 323 g/mol. The molecule has 2 heterocycles. The van der Waals surface area contributed by atoms with E-state index in [1.165, 1.54) is 21.9 Å². The molecule has 3 nitrogen and oxygen atoms in total. The number of pyridine rings is 1. The van der Waals surface area contributed by atoms with E-state index in [-0.39, 0.29) is 0 Å². The molecule has 1 aliphatic heterocycles. The number of fused-ring (bicyclic) bond motifs is 4. The van der Waals surface area contributed by atoms with E-state index < -0.39 is 0 Å². The molecule has 0 atom stereocenters. The van der Waals surface area contributed by atoms with Crippen LogP contribution in [0, 0.1) is 18.3 Å². The summed E-state index contributed by atoms with van der Waals surface area (Å²) >= 11 is 0. The summed E-state index contributed by atoms with van der Waals surface area (Å²) in [5, 5.41) is 13.6. The first kappa shape index (κ1) is 14.0. The van der Waals surface area contributed by atoms with Gasteiger partial charge in [0.05, 0.1) is 22.6 Å². The molecule has 0 saturated carbocycles. The molecule has 0 fully saturated rings. The van der Waals surface area contributed by atoms with Crippen LogP contribution < -0.4 is 9.30 Å². The lowest BCUT2D eigenvalue weighted by molar-refractivity contribution is -0.659. The quantitative estimate of drug-likeness (QED) is 0.385. The molecule has 3 heteroatoms. The summed E-state index contributed by atoms with van der Waals surface area (Å²) in [7, 11) is 2.03. The van der Waals surface area contributed by atoms with Gasteiger partial charge < -0.3 is 4.74 Å². The Morgan fingerprint density at radius 2 is 1.92 bits per heavy atom. The topological polar surface area (TPSA) is 36.9 Å². The summed E-state index contributed by atoms with van der Waals surface area (Å²) in [4.78, 5) is 0. The number of benzene rings is 3. The number of aromatic nitrogens is 1. The van der Waals surface area contributed by atoms with Crippen molar-refractivity contribution in [2.45, 2.75) is 6.92 Å². The van der Waals surface area contributed by atoms with Crippen LogP contribution in [0.25, 0.3) is 32.8 Å². The van der Waals surface area contributed by atoms with Gasteiger partial charge in [0.2, 0.25) is 5.75 Å². The van der Waals surface area contributed by atoms with Crippen LogP contribution in [0.5, 0.6) is 11.5 Å². The van der Waals surface area contributed by atoms with Crippen LogP contribution in [0.1, 0.15) is 11.1 Å². The first-order valence-corrected chi connectivity index (χ1v) is 8.24. The summed E-state index contributed by atoms with van der Waals surface area (Å²) in [6, 6.07) is 18.4. The molecule has 3 aromatic carbocycles. The van der Waals surface area contributed by atoms with E-state index in [4.69, 9.17) is 4.74 Å². The second-order valence-corrected chi connectivity index (χ2v) is 6.55. The van der Waals surface area contributed by atoms with Crippen LogP contribution in [0.15, 0.2) is 54.7 Å². The Labute approximate surface area is 145 Å². The Morgan fingerprint density at radius 3 is 2.76 bits per heavy atom. The second kappa shape index (κ2) is 4.81. The standard InChI is InChI=1S/C22H15N2O/c1-13-6-8-15-4-3-5-18-20(15)19(13)21-22(25-18)17-9-7-14(11-23)10-16(17)12-24(21)2/h3-10,12H,1-2H3/q+1. The molecule has 0 saturated heterocycles. The van der Waals surface area contributed by atoms with Crippen molar-refractivity contribution in [1.29, 1.82) is 5.26 Å². The number of hydrogen-bond donors (Lipinski definition) is 0.